The highest BCUT2D eigenvalue weighted by Crippen LogP contribution is 2.42. The first-order valence-electron chi connectivity index (χ1n) is 10.7. The molecule has 0 amide bonds. The van der Waals surface area contributed by atoms with Crippen molar-refractivity contribution in [2.75, 3.05) is 4.90 Å². The zero-order valence-electron chi connectivity index (χ0n) is 17.6. The van der Waals surface area contributed by atoms with E-state index in [1.54, 1.807) is 0 Å². The Bertz CT molecular complexity index is 1240. The second-order valence-electron chi connectivity index (χ2n) is 7.80. The van der Waals surface area contributed by atoms with E-state index in [9.17, 15) is 0 Å². The minimum atomic E-state index is -0.0950. The van der Waals surface area contributed by atoms with Crippen LogP contribution in [0.1, 0.15) is 36.0 Å². The van der Waals surface area contributed by atoms with Gasteiger partial charge < -0.3 is 14.8 Å². The van der Waals surface area contributed by atoms with Gasteiger partial charge in [0, 0.05) is 34.5 Å². The first-order chi connectivity index (χ1) is 15.7. The molecule has 3 heterocycles. The predicted molar refractivity (Wildman–Crippen MR) is 135 cm³/mol. The van der Waals surface area contributed by atoms with Crippen molar-refractivity contribution in [2.24, 2.45) is 0 Å². The van der Waals surface area contributed by atoms with Crippen LogP contribution in [-0.4, -0.2) is 14.7 Å². The van der Waals surface area contributed by atoms with E-state index in [4.69, 9.17) is 23.8 Å². The Kier molecular flexibility index (Phi) is 5.68. The molecule has 0 radical (unpaired) electrons. The van der Waals surface area contributed by atoms with E-state index in [-0.39, 0.29) is 12.1 Å². The molecule has 0 aliphatic carbocycles. The van der Waals surface area contributed by atoms with Gasteiger partial charge in [-0.25, -0.2) is 0 Å². The summed E-state index contributed by atoms with van der Waals surface area (Å²) in [6.07, 6.45) is 4.89. The number of hydrogen-bond donors (Lipinski definition) is 1. The molecule has 0 spiro atoms. The fraction of sp³-hybridized carbons (Fsp3) is 0.154. The number of thiocarbonyl (C=S) groups is 1. The van der Waals surface area contributed by atoms with Gasteiger partial charge in [-0.05, 0) is 78.8 Å². The van der Waals surface area contributed by atoms with Gasteiger partial charge in [-0.2, -0.15) is 0 Å². The van der Waals surface area contributed by atoms with E-state index in [1.807, 2.05) is 42.6 Å². The molecule has 0 saturated carbocycles. The Hall–Kier alpha value is -3.15. The largest absolute Gasteiger partial charge is 0.351 e. The van der Waals surface area contributed by atoms with Crippen molar-refractivity contribution in [3.8, 4) is 5.69 Å². The summed E-state index contributed by atoms with van der Waals surface area (Å²) in [6.45, 7) is 2.16. The molecule has 32 heavy (non-hydrogen) atoms. The molecular formula is C26H23ClN4S. The highest BCUT2D eigenvalue weighted by molar-refractivity contribution is 7.80. The van der Waals surface area contributed by atoms with E-state index >= 15 is 0 Å². The van der Waals surface area contributed by atoms with Crippen LogP contribution in [0.5, 0.6) is 0 Å². The van der Waals surface area contributed by atoms with Crippen LogP contribution in [-0.2, 0) is 6.42 Å². The fourth-order valence-electron chi connectivity index (χ4n) is 4.32. The van der Waals surface area contributed by atoms with Crippen LogP contribution in [0.25, 0.3) is 5.69 Å². The molecule has 4 nitrogen and oxygen atoms in total. The number of aromatic nitrogens is 2. The third-order valence-corrected chi connectivity index (χ3v) is 6.44. The Morgan fingerprint density at radius 1 is 0.969 bits per heavy atom. The van der Waals surface area contributed by atoms with Crippen LogP contribution in [0, 0.1) is 0 Å². The Balaban J connectivity index is 1.65. The smallest absolute Gasteiger partial charge is 0.174 e. The fourth-order valence-corrected chi connectivity index (χ4v) is 4.85. The number of aryl methyl sites for hydroxylation is 1. The lowest BCUT2D eigenvalue weighted by atomic mass is 10.0. The number of anilines is 1. The summed E-state index contributed by atoms with van der Waals surface area (Å²) in [7, 11) is 0. The molecule has 2 atom stereocenters. The molecule has 6 heteroatoms. The summed E-state index contributed by atoms with van der Waals surface area (Å²) < 4.78 is 2.18. The van der Waals surface area contributed by atoms with Gasteiger partial charge in [-0.1, -0.05) is 42.8 Å². The number of pyridine rings is 1. The summed E-state index contributed by atoms with van der Waals surface area (Å²) in [6, 6.07) is 26.5. The summed E-state index contributed by atoms with van der Waals surface area (Å²) in [5.74, 6) is 0. The number of rotatable bonds is 5. The zero-order chi connectivity index (χ0) is 22.1. The molecule has 1 fully saturated rings. The van der Waals surface area contributed by atoms with Crippen LogP contribution in [0.15, 0.2) is 91.3 Å². The number of halogens is 1. The number of benzene rings is 2. The monoisotopic (exact) mass is 458 g/mol. The maximum atomic E-state index is 6.31. The van der Waals surface area contributed by atoms with Crippen LogP contribution in [0.4, 0.5) is 5.69 Å². The van der Waals surface area contributed by atoms with Gasteiger partial charge in [0.05, 0.1) is 11.7 Å². The maximum Gasteiger partial charge on any atom is 0.174 e. The van der Waals surface area contributed by atoms with E-state index in [0.29, 0.717) is 10.1 Å². The van der Waals surface area contributed by atoms with Crippen molar-refractivity contribution in [2.45, 2.75) is 25.4 Å². The van der Waals surface area contributed by atoms with Crippen LogP contribution in [0.2, 0.25) is 5.02 Å². The predicted octanol–water partition coefficient (Wildman–Crippen LogP) is 6.27. The quantitative estimate of drug-likeness (QED) is 0.357. The zero-order valence-corrected chi connectivity index (χ0v) is 19.2. The molecule has 2 aromatic heterocycles. The van der Waals surface area contributed by atoms with Gasteiger partial charge in [0.25, 0.3) is 0 Å². The highest BCUT2D eigenvalue weighted by atomic mass is 35.5. The maximum absolute atomic E-state index is 6.31. The minimum Gasteiger partial charge on any atom is -0.351 e. The van der Waals surface area contributed by atoms with E-state index < -0.39 is 0 Å². The molecule has 1 saturated heterocycles. The SMILES string of the molecule is CCc1ccc(N2C(=S)N[C@@H](c3ccccn3)[C@H]2c2cccn2-c2cccc(Cl)c2)cc1. The van der Waals surface area contributed by atoms with Crippen LogP contribution >= 0.6 is 23.8 Å². The normalized spacial score (nSPS) is 18.1. The average molecular weight is 459 g/mol. The number of nitrogens with zero attached hydrogens (tertiary/aromatic N) is 3. The molecule has 1 aliphatic rings. The lowest BCUT2D eigenvalue weighted by Gasteiger charge is -2.29. The molecule has 5 rings (SSSR count). The molecule has 0 unspecified atom stereocenters. The molecule has 2 aromatic carbocycles. The Labute approximate surface area is 198 Å². The van der Waals surface area contributed by atoms with Gasteiger partial charge in [-0.3, -0.25) is 4.98 Å². The summed E-state index contributed by atoms with van der Waals surface area (Å²) in [5.41, 5.74) is 5.42. The standard InChI is InChI=1S/C26H23ClN4S/c1-2-18-11-13-20(14-12-18)31-25(24(29-26(31)32)22-9-3-4-15-28-22)23-10-6-16-30(23)21-8-5-7-19(27)17-21/h3-17,24-25H,2H2,1H3,(H,29,32)/t24-,25+/m0/s1. The van der Waals surface area contributed by atoms with Crippen molar-refractivity contribution in [3.05, 3.63) is 113 Å². The van der Waals surface area contributed by atoms with Gasteiger partial charge in [-0.15, -0.1) is 0 Å². The third-order valence-electron chi connectivity index (χ3n) is 5.89. The molecule has 0 bridgehead atoms. The first kappa shape index (κ1) is 20.7. The lowest BCUT2D eigenvalue weighted by Crippen LogP contribution is -2.30. The minimum absolute atomic E-state index is 0.0844. The van der Waals surface area contributed by atoms with Crippen molar-refractivity contribution in [1.29, 1.82) is 0 Å². The second-order valence-corrected chi connectivity index (χ2v) is 8.62. The summed E-state index contributed by atoms with van der Waals surface area (Å²) in [5, 5.41) is 4.92. The summed E-state index contributed by atoms with van der Waals surface area (Å²) >= 11 is 12.2. The van der Waals surface area contributed by atoms with Gasteiger partial charge in [0.1, 0.15) is 6.04 Å². The third kappa shape index (κ3) is 3.78. The Morgan fingerprint density at radius 3 is 2.53 bits per heavy atom. The van der Waals surface area contributed by atoms with Crippen molar-refractivity contribution >= 4 is 34.6 Å². The highest BCUT2D eigenvalue weighted by Gasteiger charge is 2.42. The van der Waals surface area contributed by atoms with Crippen molar-refractivity contribution < 1.29 is 0 Å². The van der Waals surface area contributed by atoms with Gasteiger partial charge in [0.2, 0.25) is 0 Å². The van der Waals surface area contributed by atoms with Crippen LogP contribution < -0.4 is 10.2 Å². The van der Waals surface area contributed by atoms with Gasteiger partial charge >= 0.3 is 0 Å². The van der Waals surface area contributed by atoms with E-state index in [1.165, 1.54) is 5.56 Å². The number of hydrogen-bond acceptors (Lipinski definition) is 2. The molecule has 160 valence electrons. The molecule has 1 aliphatic heterocycles. The van der Waals surface area contributed by atoms with Crippen LogP contribution in [0.3, 0.4) is 0 Å². The second kappa shape index (κ2) is 8.77. The Morgan fingerprint density at radius 2 is 1.81 bits per heavy atom. The van der Waals surface area contributed by atoms with Crippen molar-refractivity contribution in [1.82, 2.24) is 14.9 Å². The first-order valence-corrected chi connectivity index (χ1v) is 11.5. The topological polar surface area (TPSA) is 33.1 Å². The van der Waals surface area contributed by atoms with E-state index in [2.05, 4.69) is 75.4 Å². The van der Waals surface area contributed by atoms with Gasteiger partial charge in [0.15, 0.2) is 5.11 Å². The molecular weight excluding hydrogens is 436 g/mol. The number of nitrogens with one attached hydrogen (secondary N) is 1. The average Bonchev–Trinajstić information content (AvgIpc) is 3.44. The van der Waals surface area contributed by atoms with E-state index in [0.717, 1.165) is 29.2 Å². The molecule has 1 N–H and O–H groups in total. The lowest BCUT2D eigenvalue weighted by molar-refractivity contribution is 0.549. The summed E-state index contributed by atoms with van der Waals surface area (Å²) in [4.78, 5) is 6.85. The van der Waals surface area contributed by atoms with Crippen molar-refractivity contribution in [3.63, 3.8) is 0 Å². The molecule has 4 aromatic rings.